The lowest BCUT2D eigenvalue weighted by Crippen LogP contribution is -2.41. The molecule has 0 radical (unpaired) electrons. The summed E-state index contributed by atoms with van der Waals surface area (Å²) in [4.78, 5) is 13.0. The van der Waals surface area contributed by atoms with E-state index in [0.717, 1.165) is 17.6 Å². The smallest absolute Gasteiger partial charge is 0.261 e. The first-order chi connectivity index (χ1) is 13.8. The normalized spacial score (nSPS) is 17.5. The first-order valence-electron chi connectivity index (χ1n) is 9.51. The molecule has 1 N–H and O–H groups in total. The van der Waals surface area contributed by atoms with Crippen LogP contribution >= 0.6 is 0 Å². The number of amides is 1. The van der Waals surface area contributed by atoms with Crippen LogP contribution in [0.2, 0.25) is 0 Å². The van der Waals surface area contributed by atoms with Crippen molar-refractivity contribution in [1.82, 2.24) is 5.32 Å². The Bertz CT molecular complexity index is 959. The molecule has 0 bridgehead atoms. The molecule has 0 aliphatic carbocycles. The molecule has 2 unspecified atom stereocenters. The van der Waals surface area contributed by atoms with Gasteiger partial charge in [-0.15, -0.1) is 0 Å². The number of hydrogen-bond acceptors (Lipinski definition) is 5. The number of nitrogens with zero attached hydrogens (tertiary/aromatic N) is 1. The van der Waals surface area contributed by atoms with Gasteiger partial charge >= 0.3 is 0 Å². The number of nitrogens with one attached hydrogen (secondary N) is 1. The van der Waals surface area contributed by atoms with Crippen molar-refractivity contribution in [1.29, 1.82) is 0 Å². The number of ether oxygens (including phenoxy) is 2. The summed E-state index contributed by atoms with van der Waals surface area (Å²) in [6.07, 6.45) is 1.33. The average molecular weight is 419 g/mol. The Morgan fingerprint density at radius 1 is 1.24 bits per heavy atom. The highest BCUT2D eigenvalue weighted by molar-refractivity contribution is 7.92. The lowest BCUT2D eigenvalue weighted by molar-refractivity contribution is -0.128. The molecule has 0 aromatic heterocycles. The second kappa shape index (κ2) is 8.73. The van der Waals surface area contributed by atoms with E-state index in [0.29, 0.717) is 17.9 Å². The first-order valence-corrected chi connectivity index (χ1v) is 11.4. The number of carbonyl (C=O) groups is 1. The molecule has 1 heterocycles. The maximum absolute atomic E-state index is 13.0. The summed E-state index contributed by atoms with van der Waals surface area (Å²) >= 11 is 0. The molecule has 8 heteroatoms. The Morgan fingerprint density at radius 3 is 2.55 bits per heavy atom. The SMILES string of the molecule is CCC(NC(=O)C1CCN(S(C)(=O)=O)c2ccccc2O1)c1ccc(OC)cc1. The number of anilines is 1. The van der Waals surface area contributed by atoms with Crippen LogP contribution < -0.4 is 19.1 Å². The van der Waals surface area contributed by atoms with Crippen LogP contribution in [-0.4, -0.2) is 40.3 Å². The van der Waals surface area contributed by atoms with Crippen LogP contribution in [0.5, 0.6) is 11.5 Å². The van der Waals surface area contributed by atoms with Gasteiger partial charge in [0.15, 0.2) is 6.10 Å². The lowest BCUT2D eigenvalue weighted by atomic mass is 10.0. The number of methoxy groups -OCH3 is 1. The number of fused-ring (bicyclic) bond motifs is 1. The minimum Gasteiger partial charge on any atom is -0.497 e. The predicted molar refractivity (Wildman–Crippen MR) is 112 cm³/mol. The third kappa shape index (κ3) is 4.82. The zero-order chi connectivity index (χ0) is 21.0. The number of rotatable bonds is 6. The average Bonchev–Trinajstić information content (AvgIpc) is 2.91. The Kier molecular flexibility index (Phi) is 6.32. The maximum Gasteiger partial charge on any atom is 0.261 e. The van der Waals surface area contributed by atoms with Gasteiger partial charge < -0.3 is 14.8 Å². The number of carbonyl (C=O) groups excluding carboxylic acids is 1. The molecule has 156 valence electrons. The van der Waals surface area contributed by atoms with Gasteiger partial charge in [0.1, 0.15) is 11.5 Å². The quantitative estimate of drug-likeness (QED) is 0.780. The molecule has 1 amide bonds. The highest BCUT2D eigenvalue weighted by Crippen LogP contribution is 2.34. The minimum absolute atomic E-state index is 0.174. The highest BCUT2D eigenvalue weighted by atomic mass is 32.2. The van der Waals surface area contributed by atoms with E-state index in [9.17, 15) is 13.2 Å². The fourth-order valence-electron chi connectivity index (χ4n) is 3.38. The van der Waals surface area contributed by atoms with E-state index in [1.807, 2.05) is 31.2 Å². The van der Waals surface area contributed by atoms with E-state index in [4.69, 9.17) is 9.47 Å². The first kappa shape index (κ1) is 21.0. The standard InChI is InChI=1S/C21H26N2O5S/c1-4-17(15-9-11-16(27-2)12-10-15)22-21(24)20-13-14-23(29(3,25)26)18-7-5-6-8-19(18)28-20/h5-12,17,20H,4,13-14H2,1-3H3,(H,22,24). The monoisotopic (exact) mass is 418 g/mol. The fraction of sp³-hybridized carbons (Fsp3) is 0.381. The van der Waals surface area contributed by atoms with Crippen LogP contribution in [-0.2, 0) is 14.8 Å². The largest absolute Gasteiger partial charge is 0.497 e. The van der Waals surface area contributed by atoms with Crippen LogP contribution in [0.3, 0.4) is 0 Å². The van der Waals surface area contributed by atoms with Gasteiger partial charge in [-0.05, 0) is 36.2 Å². The minimum atomic E-state index is -3.48. The molecule has 3 rings (SSSR count). The Hall–Kier alpha value is -2.74. The van der Waals surface area contributed by atoms with Crippen molar-refractivity contribution < 1.29 is 22.7 Å². The summed E-state index contributed by atoms with van der Waals surface area (Å²) in [6.45, 7) is 2.16. The lowest BCUT2D eigenvalue weighted by Gasteiger charge is -2.22. The van der Waals surface area contributed by atoms with Crippen molar-refractivity contribution in [2.45, 2.75) is 31.9 Å². The molecule has 7 nitrogen and oxygen atoms in total. The fourth-order valence-corrected chi connectivity index (χ4v) is 4.33. The molecular weight excluding hydrogens is 392 g/mol. The van der Waals surface area contributed by atoms with Crippen molar-refractivity contribution in [2.75, 3.05) is 24.2 Å². The number of sulfonamides is 1. The third-order valence-electron chi connectivity index (χ3n) is 4.93. The van der Waals surface area contributed by atoms with Gasteiger partial charge in [0.05, 0.1) is 25.1 Å². The predicted octanol–water partition coefficient (Wildman–Crippen LogP) is 2.88. The van der Waals surface area contributed by atoms with Crippen molar-refractivity contribution in [3.63, 3.8) is 0 Å². The summed E-state index contributed by atoms with van der Waals surface area (Å²) in [6, 6.07) is 14.2. The van der Waals surface area contributed by atoms with Gasteiger partial charge in [0.2, 0.25) is 10.0 Å². The second-order valence-electron chi connectivity index (χ2n) is 6.94. The van der Waals surface area contributed by atoms with E-state index in [1.54, 1.807) is 31.4 Å². The molecule has 0 spiro atoms. The van der Waals surface area contributed by atoms with E-state index in [-0.39, 0.29) is 24.9 Å². The molecule has 29 heavy (non-hydrogen) atoms. The molecule has 0 fully saturated rings. The van der Waals surface area contributed by atoms with E-state index in [1.165, 1.54) is 4.31 Å². The van der Waals surface area contributed by atoms with Crippen LogP contribution in [0, 0.1) is 0 Å². The summed E-state index contributed by atoms with van der Waals surface area (Å²) < 4.78 is 36.8. The zero-order valence-corrected chi connectivity index (χ0v) is 17.6. The van der Waals surface area contributed by atoms with Crippen molar-refractivity contribution in [3.05, 3.63) is 54.1 Å². The van der Waals surface area contributed by atoms with Crippen LogP contribution in [0.25, 0.3) is 0 Å². The van der Waals surface area contributed by atoms with Gasteiger partial charge in [-0.2, -0.15) is 0 Å². The van der Waals surface area contributed by atoms with E-state index >= 15 is 0 Å². The van der Waals surface area contributed by atoms with Gasteiger partial charge in [-0.25, -0.2) is 8.42 Å². The Labute approximate surface area is 171 Å². The van der Waals surface area contributed by atoms with Gasteiger partial charge in [-0.3, -0.25) is 9.10 Å². The highest BCUT2D eigenvalue weighted by Gasteiger charge is 2.31. The zero-order valence-electron chi connectivity index (χ0n) is 16.8. The molecule has 0 saturated heterocycles. The number of hydrogen-bond donors (Lipinski definition) is 1. The molecule has 1 aliphatic heterocycles. The summed E-state index contributed by atoms with van der Waals surface area (Å²) in [5, 5.41) is 3.03. The van der Waals surface area contributed by atoms with Crippen LogP contribution in [0.4, 0.5) is 5.69 Å². The number of para-hydroxylation sites is 2. The molecule has 0 saturated carbocycles. The van der Waals surface area contributed by atoms with Crippen LogP contribution in [0.1, 0.15) is 31.4 Å². The maximum atomic E-state index is 13.0. The van der Waals surface area contributed by atoms with Crippen molar-refractivity contribution >= 4 is 21.6 Å². The molecule has 2 aromatic rings. The Balaban J connectivity index is 1.78. The molecule has 2 aromatic carbocycles. The van der Waals surface area contributed by atoms with Gasteiger partial charge in [0.25, 0.3) is 5.91 Å². The molecular formula is C21H26N2O5S. The summed E-state index contributed by atoms with van der Waals surface area (Å²) in [5.74, 6) is 0.866. The van der Waals surface area contributed by atoms with E-state index in [2.05, 4.69) is 5.32 Å². The Morgan fingerprint density at radius 2 is 1.93 bits per heavy atom. The molecule has 2 atom stereocenters. The molecule has 1 aliphatic rings. The second-order valence-corrected chi connectivity index (χ2v) is 8.85. The van der Waals surface area contributed by atoms with E-state index < -0.39 is 16.1 Å². The van der Waals surface area contributed by atoms with Gasteiger partial charge in [0, 0.05) is 13.0 Å². The van der Waals surface area contributed by atoms with Gasteiger partial charge in [-0.1, -0.05) is 31.2 Å². The summed E-state index contributed by atoms with van der Waals surface area (Å²) in [7, 11) is -1.87. The topological polar surface area (TPSA) is 84.9 Å². The van der Waals surface area contributed by atoms with Crippen LogP contribution in [0.15, 0.2) is 48.5 Å². The summed E-state index contributed by atoms with van der Waals surface area (Å²) in [5.41, 5.74) is 1.42. The van der Waals surface area contributed by atoms with Crippen molar-refractivity contribution in [2.24, 2.45) is 0 Å². The third-order valence-corrected chi connectivity index (χ3v) is 6.11. The number of benzene rings is 2. The van der Waals surface area contributed by atoms with Crippen molar-refractivity contribution in [3.8, 4) is 11.5 Å².